The maximum Gasteiger partial charge on any atom is 0.155 e. The molecule has 0 amide bonds. The molecule has 0 aromatic heterocycles. The molecule has 7 heteroatoms. The molecule has 0 unspecified atom stereocenters. The molecular weight excluding hydrogens is 391 g/mol. The molecule has 0 atom stereocenters. The first-order valence-corrected chi connectivity index (χ1v) is 6.02. The zero-order valence-corrected chi connectivity index (χ0v) is 17.2. The molecule has 0 bridgehead atoms. The molecule has 3 radical (unpaired) electrons. The zero-order valence-electron chi connectivity index (χ0n) is 13.9. The summed E-state index contributed by atoms with van der Waals surface area (Å²) in [5.74, 6) is -0.187. The van der Waals surface area contributed by atoms with E-state index in [1.807, 2.05) is 0 Å². The fraction of sp³-hybridized carbons (Fsp3) is 0.400. The molecule has 123 valence electrons. The number of hydrogen-bond acceptors (Lipinski definition) is 6. The first kappa shape index (κ1) is 28.6. The van der Waals surface area contributed by atoms with Crippen LogP contribution in [-0.4, -0.2) is 58.5 Å². The predicted octanol–water partition coefficient (Wildman–Crippen LogP) is 2.73. The van der Waals surface area contributed by atoms with E-state index in [0.717, 1.165) is 0 Å². The van der Waals surface area contributed by atoms with Gasteiger partial charge < -0.3 is 15.3 Å². The summed E-state index contributed by atoms with van der Waals surface area (Å²) in [4.78, 5) is 30.1. The van der Waals surface area contributed by atoms with Crippen molar-refractivity contribution in [2.45, 2.75) is 41.5 Å². The van der Waals surface area contributed by atoms with Crippen molar-refractivity contribution in [2.24, 2.45) is 0 Å². The number of aliphatic hydroxyl groups is 3. The van der Waals surface area contributed by atoms with Crippen LogP contribution in [0.5, 0.6) is 0 Å². The average Bonchev–Trinajstić information content (AvgIpc) is 2.10. The van der Waals surface area contributed by atoms with E-state index in [0.29, 0.717) is 0 Å². The van der Waals surface area contributed by atoms with Crippen molar-refractivity contribution >= 4 is 43.2 Å². The SMILES string of the molecule is CC(=O)C=C(C)O.CC(=O)C=C(C)O.CC(=O)C=C(C)O.[In]. The third-order valence-corrected chi connectivity index (χ3v) is 1.24. The van der Waals surface area contributed by atoms with Gasteiger partial charge in [0, 0.05) is 44.1 Å². The van der Waals surface area contributed by atoms with Crippen molar-refractivity contribution in [1.82, 2.24) is 0 Å². The molecule has 22 heavy (non-hydrogen) atoms. The van der Waals surface area contributed by atoms with Crippen LogP contribution in [0, 0.1) is 0 Å². The van der Waals surface area contributed by atoms with Gasteiger partial charge in [0.15, 0.2) is 17.3 Å². The minimum absolute atomic E-state index is 0. The number of carbonyl (C=O) groups excluding carboxylic acids is 3. The Bertz CT molecular complexity index is 368. The zero-order chi connectivity index (χ0) is 17.6. The Labute approximate surface area is 150 Å². The monoisotopic (exact) mass is 415 g/mol. The molecule has 0 saturated heterocycles. The van der Waals surface area contributed by atoms with Crippen molar-refractivity contribution in [3.8, 4) is 0 Å². The molecule has 0 heterocycles. The van der Waals surface area contributed by atoms with E-state index < -0.39 is 0 Å². The molecule has 0 aromatic carbocycles. The van der Waals surface area contributed by atoms with Crippen molar-refractivity contribution in [3.63, 3.8) is 0 Å². The van der Waals surface area contributed by atoms with Crippen LogP contribution in [0.3, 0.4) is 0 Å². The van der Waals surface area contributed by atoms with E-state index in [9.17, 15) is 14.4 Å². The number of hydrogen-bond donors (Lipinski definition) is 3. The maximum atomic E-state index is 10.0. The van der Waals surface area contributed by atoms with E-state index in [1.165, 1.54) is 59.8 Å². The smallest absolute Gasteiger partial charge is 0.155 e. The Morgan fingerprint density at radius 1 is 0.545 bits per heavy atom. The Kier molecular flexibility index (Phi) is 22.8. The number of carbonyl (C=O) groups is 3. The van der Waals surface area contributed by atoms with Crippen LogP contribution >= 0.6 is 0 Å². The van der Waals surface area contributed by atoms with Gasteiger partial charge in [-0.05, 0) is 41.5 Å². The summed E-state index contributed by atoms with van der Waals surface area (Å²) in [5, 5.41) is 25.1. The molecule has 0 aliphatic rings. The van der Waals surface area contributed by atoms with E-state index >= 15 is 0 Å². The molecule has 0 spiro atoms. The second-order valence-corrected chi connectivity index (χ2v) is 4.19. The summed E-state index contributed by atoms with van der Waals surface area (Å²) in [5.41, 5.74) is 0. The summed E-state index contributed by atoms with van der Waals surface area (Å²) >= 11 is 0. The third-order valence-electron chi connectivity index (χ3n) is 1.24. The molecule has 0 fully saturated rings. The summed E-state index contributed by atoms with van der Waals surface area (Å²) < 4.78 is 0. The van der Waals surface area contributed by atoms with Crippen LogP contribution in [0.25, 0.3) is 0 Å². The van der Waals surface area contributed by atoms with E-state index in [2.05, 4.69) is 0 Å². The molecule has 0 saturated carbocycles. The van der Waals surface area contributed by atoms with Gasteiger partial charge in [0.25, 0.3) is 0 Å². The topological polar surface area (TPSA) is 112 Å². The maximum absolute atomic E-state index is 10.0. The Morgan fingerprint density at radius 2 is 0.682 bits per heavy atom. The van der Waals surface area contributed by atoms with Gasteiger partial charge in [-0.2, -0.15) is 0 Å². The van der Waals surface area contributed by atoms with Gasteiger partial charge >= 0.3 is 0 Å². The standard InChI is InChI=1S/3C5H8O2.In/c3*1-4(6)3-5(2)7;/h3*3,6H,1-2H3;. The van der Waals surface area contributed by atoms with E-state index in [-0.39, 0.29) is 60.5 Å². The quantitative estimate of drug-likeness (QED) is 0.483. The number of aliphatic hydroxyl groups excluding tert-OH is 3. The minimum atomic E-state index is -0.125. The predicted molar refractivity (Wildman–Crippen MR) is 87.0 cm³/mol. The van der Waals surface area contributed by atoms with Crippen molar-refractivity contribution < 1.29 is 29.7 Å². The second kappa shape index (κ2) is 17.6. The van der Waals surface area contributed by atoms with Gasteiger partial charge in [-0.15, -0.1) is 0 Å². The van der Waals surface area contributed by atoms with E-state index in [1.54, 1.807) is 0 Å². The summed E-state index contributed by atoms with van der Waals surface area (Å²) in [6, 6.07) is 0. The fourth-order valence-electron chi connectivity index (χ4n) is 0.882. The average molecular weight is 415 g/mol. The molecule has 0 aliphatic carbocycles. The van der Waals surface area contributed by atoms with Crippen LogP contribution in [-0.2, 0) is 14.4 Å². The van der Waals surface area contributed by atoms with E-state index in [4.69, 9.17) is 15.3 Å². The number of rotatable bonds is 3. The van der Waals surface area contributed by atoms with Crippen LogP contribution in [0.2, 0.25) is 0 Å². The van der Waals surface area contributed by atoms with Gasteiger partial charge in [-0.25, -0.2) is 0 Å². The van der Waals surface area contributed by atoms with Crippen LogP contribution < -0.4 is 0 Å². The first-order valence-electron chi connectivity index (χ1n) is 6.02. The van der Waals surface area contributed by atoms with Crippen molar-refractivity contribution in [2.75, 3.05) is 0 Å². The van der Waals surface area contributed by atoms with Crippen LogP contribution in [0.1, 0.15) is 41.5 Å². The Balaban J connectivity index is -0.000000108. The minimum Gasteiger partial charge on any atom is -0.512 e. The molecular formula is C15H24InO6. The first-order chi connectivity index (χ1) is 9.38. The van der Waals surface area contributed by atoms with Crippen LogP contribution in [0.4, 0.5) is 0 Å². The molecule has 0 aromatic rings. The summed E-state index contributed by atoms with van der Waals surface area (Å²) in [7, 11) is 0. The third kappa shape index (κ3) is 51.4. The Morgan fingerprint density at radius 3 is 0.682 bits per heavy atom. The van der Waals surface area contributed by atoms with Crippen LogP contribution in [0.15, 0.2) is 35.5 Å². The largest absolute Gasteiger partial charge is 0.512 e. The van der Waals surface area contributed by atoms with Gasteiger partial charge in [0.05, 0.1) is 17.3 Å². The molecule has 6 nitrogen and oxygen atoms in total. The molecule has 3 N–H and O–H groups in total. The second-order valence-electron chi connectivity index (χ2n) is 4.19. The molecule has 0 aliphatic heterocycles. The van der Waals surface area contributed by atoms with Crippen molar-refractivity contribution in [1.29, 1.82) is 0 Å². The number of allylic oxidation sites excluding steroid dienone is 6. The summed E-state index contributed by atoms with van der Waals surface area (Å²) in [6.45, 7) is 8.54. The summed E-state index contributed by atoms with van der Waals surface area (Å²) in [6.07, 6.45) is 3.50. The normalized spacial score (nSPS) is 10.9. The molecule has 0 rings (SSSR count). The number of ketones is 3. The van der Waals surface area contributed by atoms with Gasteiger partial charge in [0.2, 0.25) is 0 Å². The van der Waals surface area contributed by atoms with Gasteiger partial charge in [-0.3, -0.25) is 14.4 Å². The Hall–Kier alpha value is -1.50. The van der Waals surface area contributed by atoms with Crippen molar-refractivity contribution in [3.05, 3.63) is 35.5 Å². The van der Waals surface area contributed by atoms with Gasteiger partial charge in [0.1, 0.15) is 0 Å². The fourth-order valence-corrected chi connectivity index (χ4v) is 0.882. The van der Waals surface area contributed by atoms with Gasteiger partial charge in [-0.1, -0.05) is 0 Å².